The van der Waals surface area contributed by atoms with E-state index in [0.717, 1.165) is 22.9 Å². The van der Waals surface area contributed by atoms with Crippen molar-refractivity contribution >= 4 is 5.84 Å². The Morgan fingerprint density at radius 2 is 1.67 bits per heavy atom. The Balaban J connectivity index is 3.17. The van der Waals surface area contributed by atoms with E-state index in [2.05, 4.69) is 10.3 Å². The third kappa shape index (κ3) is 2.62. The zero-order valence-corrected chi connectivity index (χ0v) is 9.50. The van der Waals surface area contributed by atoms with E-state index in [0.29, 0.717) is 0 Å². The average molecular weight is 208 g/mol. The lowest BCUT2D eigenvalue weighted by molar-refractivity contribution is 0.394. The van der Waals surface area contributed by atoms with Crippen molar-refractivity contribution in [3.8, 4) is 11.5 Å². The first kappa shape index (κ1) is 11.4. The Morgan fingerprint density at radius 3 is 2.00 bits per heavy atom. The van der Waals surface area contributed by atoms with E-state index in [4.69, 9.17) is 9.47 Å². The molecule has 1 N–H and O–H groups in total. The van der Waals surface area contributed by atoms with E-state index >= 15 is 0 Å². The smallest absolute Gasteiger partial charge is 0.127 e. The number of hydrogen-bond donors (Lipinski definition) is 1. The van der Waals surface area contributed by atoms with Crippen LogP contribution in [0.4, 0.5) is 0 Å². The van der Waals surface area contributed by atoms with Crippen LogP contribution in [-0.2, 0) is 0 Å². The summed E-state index contributed by atoms with van der Waals surface area (Å²) < 4.78 is 10.3. The van der Waals surface area contributed by atoms with Crippen LogP contribution in [0.3, 0.4) is 0 Å². The highest BCUT2D eigenvalue weighted by molar-refractivity contribution is 5.99. The van der Waals surface area contributed by atoms with Crippen molar-refractivity contribution < 1.29 is 9.47 Å². The first-order valence-electron chi connectivity index (χ1n) is 4.63. The summed E-state index contributed by atoms with van der Waals surface area (Å²) in [5.41, 5.74) is 0.941. The molecule has 0 bridgehead atoms. The average Bonchev–Trinajstić information content (AvgIpc) is 2.30. The fourth-order valence-corrected chi connectivity index (χ4v) is 1.33. The number of amidine groups is 1. The highest BCUT2D eigenvalue weighted by Gasteiger charge is 2.05. The maximum atomic E-state index is 5.17. The maximum Gasteiger partial charge on any atom is 0.127 e. The van der Waals surface area contributed by atoms with Gasteiger partial charge in [-0.05, 0) is 12.1 Å². The Kier molecular flexibility index (Phi) is 3.97. The molecular formula is C11H16N2O2. The van der Waals surface area contributed by atoms with Gasteiger partial charge in [0.15, 0.2) is 0 Å². The molecule has 4 heteroatoms. The van der Waals surface area contributed by atoms with Crippen molar-refractivity contribution in [1.29, 1.82) is 0 Å². The fraction of sp³-hybridized carbons (Fsp3) is 0.364. The van der Waals surface area contributed by atoms with Crippen LogP contribution in [0, 0.1) is 0 Å². The highest BCUT2D eigenvalue weighted by Crippen LogP contribution is 2.22. The predicted octanol–water partition coefficient (Wildman–Crippen LogP) is 1.30. The number of benzene rings is 1. The van der Waals surface area contributed by atoms with Crippen LogP contribution >= 0.6 is 0 Å². The van der Waals surface area contributed by atoms with Gasteiger partial charge in [-0.25, -0.2) is 0 Å². The number of ether oxygens (including phenoxy) is 2. The number of aliphatic imine (C=N–C) groups is 1. The summed E-state index contributed by atoms with van der Waals surface area (Å²) in [6.07, 6.45) is 0. The van der Waals surface area contributed by atoms with Gasteiger partial charge in [0.25, 0.3) is 0 Å². The Bertz CT molecular complexity index is 339. The highest BCUT2D eigenvalue weighted by atomic mass is 16.5. The van der Waals surface area contributed by atoms with Crippen molar-refractivity contribution in [2.24, 2.45) is 4.99 Å². The number of nitrogens with one attached hydrogen (secondary N) is 1. The summed E-state index contributed by atoms with van der Waals surface area (Å²) in [5, 5.41) is 3.01. The molecule has 0 aromatic heterocycles. The number of nitrogens with zero attached hydrogens (tertiary/aromatic N) is 1. The Morgan fingerprint density at radius 1 is 1.13 bits per heavy atom. The Hall–Kier alpha value is -1.71. The lowest BCUT2D eigenvalue weighted by atomic mass is 10.2. The first-order valence-corrected chi connectivity index (χ1v) is 4.63. The van der Waals surface area contributed by atoms with Gasteiger partial charge in [-0.2, -0.15) is 0 Å². The molecule has 0 amide bonds. The summed E-state index contributed by atoms with van der Waals surface area (Å²) in [4.78, 5) is 4.12. The summed E-state index contributed by atoms with van der Waals surface area (Å²) in [7, 11) is 6.81. The van der Waals surface area contributed by atoms with E-state index in [-0.39, 0.29) is 0 Å². The van der Waals surface area contributed by atoms with Gasteiger partial charge in [-0.15, -0.1) is 0 Å². The number of rotatable bonds is 3. The van der Waals surface area contributed by atoms with E-state index in [9.17, 15) is 0 Å². The standard InChI is InChI=1S/C11H16N2O2/c1-12-11(13-2)8-5-9(14-3)7-10(6-8)15-4/h5-7H,1-4H3,(H,12,13). The summed E-state index contributed by atoms with van der Waals surface area (Å²) in [5.74, 6) is 2.30. The predicted molar refractivity (Wildman–Crippen MR) is 61.1 cm³/mol. The monoisotopic (exact) mass is 208 g/mol. The molecule has 0 aliphatic heterocycles. The third-order valence-corrected chi connectivity index (χ3v) is 2.09. The maximum absolute atomic E-state index is 5.17. The second-order valence-corrected chi connectivity index (χ2v) is 2.92. The zero-order valence-electron chi connectivity index (χ0n) is 9.50. The topological polar surface area (TPSA) is 42.9 Å². The summed E-state index contributed by atoms with van der Waals surface area (Å²) in [6, 6.07) is 5.63. The van der Waals surface area contributed by atoms with Gasteiger partial charge in [0.05, 0.1) is 14.2 Å². The minimum atomic E-state index is 0.751. The van der Waals surface area contributed by atoms with E-state index < -0.39 is 0 Å². The van der Waals surface area contributed by atoms with Crippen molar-refractivity contribution in [3.05, 3.63) is 23.8 Å². The Labute approximate surface area is 89.9 Å². The molecule has 4 nitrogen and oxygen atoms in total. The SMILES string of the molecule is CN=C(NC)c1cc(OC)cc(OC)c1. The van der Waals surface area contributed by atoms with Gasteiger partial charge in [0.2, 0.25) is 0 Å². The van der Waals surface area contributed by atoms with Crippen LogP contribution in [0.2, 0.25) is 0 Å². The van der Waals surface area contributed by atoms with Crippen LogP contribution in [0.25, 0.3) is 0 Å². The van der Waals surface area contributed by atoms with Crippen molar-refractivity contribution in [2.75, 3.05) is 28.3 Å². The lowest BCUT2D eigenvalue weighted by Crippen LogP contribution is -2.19. The van der Waals surface area contributed by atoms with Gasteiger partial charge in [0.1, 0.15) is 17.3 Å². The van der Waals surface area contributed by atoms with Gasteiger partial charge in [-0.3, -0.25) is 4.99 Å². The fourth-order valence-electron chi connectivity index (χ4n) is 1.33. The van der Waals surface area contributed by atoms with Crippen LogP contribution < -0.4 is 14.8 Å². The molecule has 0 fully saturated rings. The van der Waals surface area contributed by atoms with Crippen LogP contribution in [-0.4, -0.2) is 34.2 Å². The largest absolute Gasteiger partial charge is 0.497 e. The minimum absolute atomic E-state index is 0.751. The molecule has 1 rings (SSSR count). The van der Waals surface area contributed by atoms with Crippen LogP contribution in [0.15, 0.2) is 23.2 Å². The van der Waals surface area contributed by atoms with Gasteiger partial charge in [0, 0.05) is 25.7 Å². The molecule has 1 aromatic carbocycles. The number of methoxy groups -OCH3 is 2. The molecule has 0 saturated heterocycles. The molecule has 0 saturated carbocycles. The van der Waals surface area contributed by atoms with Crippen molar-refractivity contribution in [2.45, 2.75) is 0 Å². The molecule has 0 atom stereocenters. The lowest BCUT2D eigenvalue weighted by Gasteiger charge is -2.09. The molecule has 0 aliphatic carbocycles. The first-order chi connectivity index (χ1) is 7.24. The van der Waals surface area contributed by atoms with Crippen LogP contribution in [0.5, 0.6) is 11.5 Å². The van der Waals surface area contributed by atoms with Crippen molar-refractivity contribution in [3.63, 3.8) is 0 Å². The minimum Gasteiger partial charge on any atom is -0.497 e. The second-order valence-electron chi connectivity index (χ2n) is 2.92. The molecule has 0 heterocycles. The molecule has 0 radical (unpaired) electrons. The zero-order chi connectivity index (χ0) is 11.3. The molecule has 15 heavy (non-hydrogen) atoms. The number of hydrogen-bond acceptors (Lipinski definition) is 3. The molecule has 1 aromatic rings. The van der Waals surface area contributed by atoms with Crippen LogP contribution in [0.1, 0.15) is 5.56 Å². The van der Waals surface area contributed by atoms with Crippen molar-refractivity contribution in [1.82, 2.24) is 5.32 Å². The summed E-state index contributed by atoms with van der Waals surface area (Å²) in [6.45, 7) is 0. The van der Waals surface area contributed by atoms with E-state index in [1.807, 2.05) is 25.2 Å². The molecular weight excluding hydrogens is 192 g/mol. The summed E-state index contributed by atoms with van der Waals surface area (Å²) >= 11 is 0. The van der Waals surface area contributed by atoms with E-state index in [1.165, 1.54) is 0 Å². The van der Waals surface area contributed by atoms with Gasteiger partial charge in [-0.1, -0.05) is 0 Å². The quantitative estimate of drug-likeness (QED) is 0.601. The molecule has 0 aliphatic rings. The van der Waals surface area contributed by atoms with Gasteiger partial charge >= 0.3 is 0 Å². The molecule has 82 valence electrons. The second kappa shape index (κ2) is 5.24. The van der Waals surface area contributed by atoms with E-state index in [1.54, 1.807) is 21.3 Å². The molecule has 0 spiro atoms. The normalized spacial score (nSPS) is 11.1. The van der Waals surface area contributed by atoms with Gasteiger partial charge < -0.3 is 14.8 Å². The third-order valence-electron chi connectivity index (χ3n) is 2.09. The molecule has 0 unspecified atom stereocenters.